The second-order valence-electron chi connectivity index (χ2n) is 11.0. The summed E-state index contributed by atoms with van der Waals surface area (Å²) in [6.07, 6.45) is 3.30. The summed E-state index contributed by atoms with van der Waals surface area (Å²) in [4.78, 5) is 16.8. The van der Waals surface area contributed by atoms with E-state index in [1.165, 1.54) is 19.1 Å². The number of rotatable bonds is 6. The molecule has 1 aliphatic rings. The van der Waals surface area contributed by atoms with Crippen molar-refractivity contribution in [3.8, 4) is 5.75 Å². The molecule has 0 saturated heterocycles. The van der Waals surface area contributed by atoms with E-state index in [2.05, 4.69) is 68.8 Å². The van der Waals surface area contributed by atoms with Crippen molar-refractivity contribution in [1.29, 1.82) is 0 Å². The molecule has 6 nitrogen and oxygen atoms in total. The maximum Gasteiger partial charge on any atom is 0.310 e. The highest BCUT2D eigenvalue weighted by atomic mass is 16.5. The van der Waals surface area contributed by atoms with Crippen LogP contribution < -0.4 is 5.32 Å². The Hall–Kier alpha value is -3.02. The number of esters is 1. The summed E-state index contributed by atoms with van der Waals surface area (Å²) < 4.78 is 7.05. The number of nitrogens with one attached hydrogen (secondary N) is 1. The summed E-state index contributed by atoms with van der Waals surface area (Å²) in [6, 6.07) is 12.3. The topological polar surface area (TPSA) is 76.4 Å². The van der Waals surface area contributed by atoms with Crippen molar-refractivity contribution in [3.05, 3.63) is 47.5 Å². The number of phenolic OH excluding ortho intramolecular Hbond substituents is 1. The molecule has 0 spiro atoms. The lowest BCUT2D eigenvalue weighted by Gasteiger charge is -2.40. The number of methoxy groups -OCH3 is 1. The molecule has 1 saturated carbocycles. The third-order valence-electron chi connectivity index (χ3n) is 7.01. The second-order valence-corrected chi connectivity index (χ2v) is 11.0. The Balaban J connectivity index is 1.80. The zero-order valence-corrected chi connectivity index (χ0v) is 21.2. The Labute approximate surface area is 202 Å². The Morgan fingerprint density at radius 2 is 1.94 bits per heavy atom. The molecule has 6 heteroatoms. The van der Waals surface area contributed by atoms with Crippen LogP contribution in [0.5, 0.6) is 5.75 Å². The molecule has 4 rings (SSSR count). The van der Waals surface area contributed by atoms with E-state index in [1.807, 2.05) is 6.07 Å². The monoisotopic (exact) mass is 463 g/mol. The minimum absolute atomic E-state index is 0.0120. The van der Waals surface area contributed by atoms with Crippen molar-refractivity contribution >= 4 is 28.6 Å². The molecular weight excluding hydrogens is 426 g/mol. The average molecular weight is 464 g/mol. The van der Waals surface area contributed by atoms with Crippen LogP contribution in [0, 0.1) is 11.3 Å². The zero-order chi connectivity index (χ0) is 24.6. The van der Waals surface area contributed by atoms with Gasteiger partial charge in [0.2, 0.25) is 5.95 Å². The predicted molar refractivity (Wildman–Crippen MR) is 137 cm³/mol. The molecule has 1 fully saturated rings. The fourth-order valence-electron chi connectivity index (χ4n) is 5.57. The number of hydrogen-bond acceptors (Lipinski definition) is 5. The molecule has 34 heavy (non-hydrogen) atoms. The molecule has 2 aromatic carbocycles. The quantitative estimate of drug-likeness (QED) is 0.397. The molecule has 0 radical (unpaired) electrons. The van der Waals surface area contributed by atoms with Crippen LogP contribution >= 0.6 is 0 Å². The Morgan fingerprint density at radius 3 is 2.56 bits per heavy atom. The number of phenols is 1. The number of hydrogen-bond donors (Lipinski definition) is 2. The van der Waals surface area contributed by atoms with Gasteiger partial charge in [0.1, 0.15) is 5.75 Å². The fraction of sp³-hybridized carbons (Fsp3) is 0.500. The van der Waals surface area contributed by atoms with E-state index < -0.39 is 0 Å². The molecule has 1 aliphatic carbocycles. The zero-order valence-electron chi connectivity index (χ0n) is 21.2. The first-order valence-corrected chi connectivity index (χ1v) is 12.2. The first-order chi connectivity index (χ1) is 16.1. The largest absolute Gasteiger partial charge is 0.508 e. The third-order valence-corrected chi connectivity index (χ3v) is 7.01. The van der Waals surface area contributed by atoms with Crippen LogP contribution in [0.3, 0.4) is 0 Å². The highest BCUT2D eigenvalue weighted by molar-refractivity contribution is 5.84. The van der Waals surface area contributed by atoms with E-state index in [1.54, 1.807) is 6.07 Å². The normalized spacial score (nSPS) is 20.0. The number of aromatic hydroxyl groups is 1. The van der Waals surface area contributed by atoms with Gasteiger partial charge in [-0.15, -0.1) is 0 Å². The van der Waals surface area contributed by atoms with Crippen molar-refractivity contribution in [1.82, 2.24) is 9.55 Å². The molecule has 0 amide bonds. The van der Waals surface area contributed by atoms with E-state index >= 15 is 0 Å². The number of fused-ring (bicyclic) bond motifs is 1. The molecular formula is C28H37N3O3. The molecule has 2 N–H and O–H groups in total. The van der Waals surface area contributed by atoms with E-state index in [0.29, 0.717) is 17.4 Å². The maximum absolute atomic E-state index is 11.8. The van der Waals surface area contributed by atoms with E-state index in [0.717, 1.165) is 35.5 Å². The molecule has 2 atom stereocenters. The minimum Gasteiger partial charge on any atom is -0.508 e. The smallest absolute Gasteiger partial charge is 0.310 e. The standard InChI is InChI=1S/C28H37N3O3/c1-17(2)19-7-9-21(10-8-19)29-27-30-23-12-20(13-26(33)34-6)25(32)14-24(23)31(27)22-11-18(3)15-28(4,5)16-22/h7-10,12,14,17-18,22,32H,11,13,15-16H2,1-6H3,(H,29,30)/t18-,22+/m1/s1. The number of carbonyl (C=O) groups excluding carboxylic acids is 1. The molecule has 0 aliphatic heterocycles. The van der Waals surface area contributed by atoms with E-state index in [-0.39, 0.29) is 29.6 Å². The number of ether oxygens (including phenoxy) is 1. The van der Waals surface area contributed by atoms with Gasteiger partial charge in [0, 0.05) is 23.4 Å². The molecule has 0 unspecified atom stereocenters. The van der Waals surface area contributed by atoms with Gasteiger partial charge in [-0.25, -0.2) is 4.98 Å². The van der Waals surface area contributed by atoms with Gasteiger partial charge >= 0.3 is 5.97 Å². The van der Waals surface area contributed by atoms with Crippen LogP contribution in [0.4, 0.5) is 11.6 Å². The summed E-state index contributed by atoms with van der Waals surface area (Å²) in [6.45, 7) is 11.4. The molecule has 0 bridgehead atoms. The lowest BCUT2D eigenvalue weighted by Crippen LogP contribution is -2.29. The number of aromatic nitrogens is 2. The van der Waals surface area contributed by atoms with Crippen LogP contribution in [0.25, 0.3) is 11.0 Å². The number of nitrogens with zero attached hydrogens (tertiary/aromatic N) is 2. The van der Waals surface area contributed by atoms with Crippen LogP contribution in [0.1, 0.15) is 77.0 Å². The maximum atomic E-state index is 11.8. The van der Waals surface area contributed by atoms with Crippen LogP contribution in [-0.2, 0) is 16.0 Å². The molecule has 1 aromatic heterocycles. The fourth-order valence-corrected chi connectivity index (χ4v) is 5.57. The lowest BCUT2D eigenvalue weighted by molar-refractivity contribution is -0.139. The van der Waals surface area contributed by atoms with Crippen LogP contribution in [0.2, 0.25) is 0 Å². The van der Waals surface area contributed by atoms with Crippen molar-refractivity contribution in [2.45, 2.75) is 72.3 Å². The first kappa shape index (κ1) is 24.1. The Kier molecular flexibility index (Phi) is 6.61. The number of imidazole rings is 1. The summed E-state index contributed by atoms with van der Waals surface area (Å²) >= 11 is 0. The molecule has 182 valence electrons. The van der Waals surface area contributed by atoms with Gasteiger partial charge in [-0.3, -0.25) is 4.79 Å². The highest BCUT2D eigenvalue weighted by Gasteiger charge is 2.35. The van der Waals surface area contributed by atoms with Gasteiger partial charge in [-0.1, -0.05) is 46.8 Å². The molecule has 3 aromatic rings. The lowest BCUT2D eigenvalue weighted by atomic mass is 9.70. The Bertz CT molecular complexity index is 1180. The van der Waals surface area contributed by atoms with Gasteiger partial charge in [0.25, 0.3) is 0 Å². The summed E-state index contributed by atoms with van der Waals surface area (Å²) in [5, 5.41) is 14.3. The van der Waals surface area contributed by atoms with Crippen molar-refractivity contribution in [2.75, 3.05) is 12.4 Å². The van der Waals surface area contributed by atoms with E-state index in [9.17, 15) is 9.90 Å². The number of benzene rings is 2. The minimum atomic E-state index is -0.388. The van der Waals surface area contributed by atoms with Crippen molar-refractivity contribution in [2.24, 2.45) is 11.3 Å². The van der Waals surface area contributed by atoms with Gasteiger partial charge in [0.05, 0.1) is 24.6 Å². The van der Waals surface area contributed by atoms with Gasteiger partial charge < -0.3 is 19.7 Å². The van der Waals surface area contributed by atoms with Crippen LogP contribution in [-0.4, -0.2) is 27.7 Å². The van der Waals surface area contributed by atoms with Crippen LogP contribution in [0.15, 0.2) is 36.4 Å². The van der Waals surface area contributed by atoms with Gasteiger partial charge in [-0.2, -0.15) is 0 Å². The molecule has 1 heterocycles. The number of anilines is 2. The summed E-state index contributed by atoms with van der Waals surface area (Å²) in [5.41, 5.74) is 4.65. The first-order valence-electron chi connectivity index (χ1n) is 12.2. The third kappa shape index (κ3) is 5.06. The SMILES string of the molecule is COC(=O)Cc1cc2nc(Nc3ccc(C(C)C)cc3)n([C@H]3C[C@@H](C)CC(C)(C)C3)c2cc1O. The van der Waals surface area contributed by atoms with Gasteiger partial charge in [0.15, 0.2) is 0 Å². The van der Waals surface area contributed by atoms with Crippen molar-refractivity contribution in [3.63, 3.8) is 0 Å². The number of carbonyl (C=O) groups is 1. The summed E-state index contributed by atoms with van der Waals surface area (Å²) in [7, 11) is 1.35. The van der Waals surface area contributed by atoms with Gasteiger partial charge in [-0.05, 0) is 60.3 Å². The van der Waals surface area contributed by atoms with Crippen molar-refractivity contribution < 1.29 is 14.6 Å². The second kappa shape index (κ2) is 9.32. The average Bonchev–Trinajstić information content (AvgIpc) is 3.09. The van der Waals surface area contributed by atoms with E-state index in [4.69, 9.17) is 9.72 Å². The predicted octanol–water partition coefficient (Wildman–Crippen LogP) is 6.71. The highest BCUT2D eigenvalue weighted by Crippen LogP contribution is 2.46. The summed E-state index contributed by atoms with van der Waals surface area (Å²) in [5.74, 6) is 1.53. The Morgan fingerprint density at radius 1 is 1.24 bits per heavy atom.